The molecule has 3 heteroatoms. The van der Waals surface area contributed by atoms with Crippen LogP contribution >= 0.6 is 0 Å². The summed E-state index contributed by atoms with van der Waals surface area (Å²) in [4.78, 5) is 11.9. The number of alkyl halides is 1. The molecule has 0 unspecified atom stereocenters. The maximum Gasteiger partial charge on any atom is 0.340 e. The number of aryl methyl sites for hydroxylation is 1. The van der Waals surface area contributed by atoms with Crippen LogP contribution < -0.4 is 0 Å². The van der Waals surface area contributed by atoms with Gasteiger partial charge in [-0.1, -0.05) is 56.9 Å². The molecule has 2 aliphatic carbocycles. The van der Waals surface area contributed by atoms with Gasteiger partial charge in [-0.25, -0.2) is 9.18 Å². The van der Waals surface area contributed by atoms with E-state index in [1.807, 2.05) is 6.92 Å². The van der Waals surface area contributed by atoms with E-state index >= 15 is 0 Å². The minimum absolute atomic E-state index is 0.106. The van der Waals surface area contributed by atoms with Crippen LogP contribution in [-0.4, -0.2) is 18.2 Å². The molecule has 0 bridgehead atoms. The molecule has 3 rings (SSSR count). The molecule has 0 saturated heterocycles. The first-order valence-electron chi connectivity index (χ1n) is 11.9. The van der Waals surface area contributed by atoms with Crippen LogP contribution in [0, 0.1) is 12.3 Å². The molecule has 0 N–H and O–H groups in total. The summed E-state index contributed by atoms with van der Waals surface area (Å²) in [5.41, 5.74) is 2.85. The summed E-state index contributed by atoms with van der Waals surface area (Å²) in [5.74, 6) is 0.791. The zero-order valence-corrected chi connectivity index (χ0v) is 18.1. The number of unbranched alkanes of at least 4 members (excludes halogenated alkanes) is 1. The van der Waals surface area contributed by atoms with E-state index in [1.54, 1.807) is 0 Å². The van der Waals surface area contributed by atoms with Crippen LogP contribution in [0.4, 0.5) is 4.39 Å². The molecule has 0 aliphatic heterocycles. The van der Waals surface area contributed by atoms with Crippen molar-refractivity contribution in [1.29, 1.82) is 0 Å². The van der Waals surface area contributed by atoms with Gasteiger partial charge >= 0.3 is 5.97 Å². The van der Waals surface area contributed by atoms with Gasteiger partial charge in [0.15, 0.2) is 6.17 Å². The summed E-state index contributed by atoms with van der Waals surface area (Å²) < 4.78 is 19.3. The molecule has 1 atom stereocenters. The number of carbonyl (C=O) groups excluding carboxylic acids is 1. The highest BCUT2D eigenvalue weighted by atomic mass is 19.1. The Labute approximate surface area is 176 Å². The smallest absolute Gasteiger partial charge is 0.340 e. The van der Waals surface area contributed by atoms with Crippen LogP contribution in [0.25, 0.3) is 0 Å². The maximum absolute atomic E-state index is 13.8. The first-order chi connectivity index (χ1) is 14.2. The SMILES string of the molecule is CCCC[C@H](F)C(=O)OC1CCC(c2ccc(CCC3CC[CH]CC3)cc2)CC1. The van der Waals surface area contributed by atoms with E-state index in [0.29, 0.717) is 5.92 Å². The number of rotatable bonds is 9. The van der Waals surface area contributed by atoms with Crippen molar-refractivity contribution in [2.45, 2.75) is 109 Å². The third-order valence-corrected chi connectivity index (χ3v) is 6.87. The van der Waals surface area contributed by atoms with Crippen molar-refractivity contribution in [3.05, 3.63) is 41.8 Å². The quantitative estimate of drug-likeness (QED) is 0.412. The molecule has 0 heterocycles. The van der Waals surface area contributed by atoms with Gasteiger partial charge in [-0.3, -0.25) is 0 Å². The lowest BCUT2D eigenvalue weighted by Gasteiger charge is -2.29. The minimum atomic E-state index is -1.45. The number of hydrogen-bond donors (Lipinski definition) is 0. The van der Waals surface area contributed by atoms with Crippen molar-refractivity contribution < 1.29 is 13.9 Å². The Morgan fingerprint density at radius 1 is 1.07 bits per heavy atom. The lowest BCUT2D eigenvalue weighted by atomic mass is 9.82. The zero-order chi connectivity index (χ0) is 20.5. The molecule has 1 aromatic rings. The highest BCUT2D eigenvalue weighted by Crippen LogP contribution is 2.35. The molecule has 2 saturated carbocycles. The first kappa shape index (κ1) is 22.3. The summed E-state index contributed by atoms with van der Waals surface area (Å²) in [7, 11) is 0. The average Bonchev–Trinajstić information content (AvgIpc) is 2.77. The van der Waals surface area contributed by atoms with Crippen LogP contribution in [0.2, 0.25) is 0 Å². The van der Waals surface area contributed by atoms with E-state index in [1.165, 1.54) is 49.7 Å². The third kappa shape index (κ3) is 7.12. The summed E-state index contributed by atoms with van der Waals surface area (Å²) in [5, 5.41) is 0. The van der Waals surface area contributed by atoms with Crippen LogP contribution in [0.5, 0.6) is 0 Å². The Morgan fingerprint density at radius 3 is 2.41 bits per heavy atom. The highest BCUT2D eigenvalue weighted by Gasteiger charge is 2.27. The molecule has 0 amide bonds. The number of esters is 1. The molecular formula is C26H38FO2. The van der Waals surface area contributed by atoms with Gasteiger partial charge < -0.3 is 4.74 Å². The second-order valence-corrected chi connectivity index (χ2v) is 9.11. The van der Waals surface area contributed by atoms with Gasteiger partial charge in [0.05, 0.1) is 0 Å². The van der Waals surface area contributed by atoms with Crippen molar-refractivity contribution in [2.24, 2.45) is 5.92 Å². The first-order valence-corrected chi connectivity index (χ1v) is 11.9. The van der Waals surface area contributed by atoms with Gasteiger partial charge in [-0.05, 0) is 87.2 Å². The summed E-state index contributed by atoms with van der Waals surface area (Å²) in [6, 6.07) is 9.20. The summed E-state index contributed by atoms with van der Waals surface area (Å²) in [6.07, 6.45) is 14.4. The van der Waals surface area contributed by atoms with E-state index in [4.69, 9.17) is 4.74 Å². The van der Waals surface area contributed by atoms with Crippen LogP contribution in [0.15, 0.2) is 24.3 Å². The minimum Gasteiger partial charge on any atom is -0.460 e. The van der Waals surface area contributed by atoms with Crippen molar-refractivity contribution >= 4 is 5.97 Å². The molecule has 161 valence electrons. The van der Waals surface area contributed by atoms with E-state index in [0.717, 1.165) is 44.4 Å². The molecule has 0 spiro atoms. The van der Waals surface area contributed by atoms with Crippen LogP contribution in [0.3, 0.4) is 0 Å². The second kappa shape index (κ2) is 11.7. The van der Waals surface area contributed by atoms with Crippen LogP contribution in [-0.2, 0) is 16.0 Å². The monoisotopic (exact) mass is 401 g/mol. The molecule has 29 heavy (non-hydrogen) atoms. The predicted molar refractivity (Wildman–Crippen MR) is 117 cm³/mol. The lowest BCUT2D eigenvalue weighted by Crippen LogP contribution is -2.28. The van der Waals surface area contributed by atoms with E-state index in [-0.39, 0.29) is 12.5 Å². The van der Waals surface area contributed by atoms with Gasteiger partial charge in [-0.15, -0.1) is 0 Å². The van der Waals surface area contributed by atoms with Gasteiger partial charge in [0, 0.05) is 0 Å². The molecule has 2 fully saturated rings. The molecule has 1 aromatic carbocycles. The topological polar surface area (TPSA) is 26.3 Å². The molecule has 2 aliphatic rings. The maximum atomic E-state index is 13.8. The number of ether oxygens (including phenoxy) is 1. The van der Waals surface area contributed by atoms with Gasteiger partial charge in [0.1, 0.15) is 6.10 Å². The lowest BCUT2D eigenvalue weighted by molar-refractivity contribution is -0.157. The van der Waals surface area contributed by atoms with E-state index in [2.05, 4.69) is 30.7 Å². The Balaban J connectivity index is 1.39. The summed E-state index contributed by atoms with van der Waals surface area (Å²) >= 11 is 0. The number of halogens is 1. The Hall–Kier alpha value is -1.38. The number of benzene rings is 1. The van der Waals surface area contributed by atoms with Crippen LogP contribution in [0.1, 0.15) is 101 Å². The average molecular weight is 402 g/mol. The number of hydrogen-bond acceptors (Lipinski definition) is 2. The third-order valence-electron chi connectivity index (χ3n) is 6.87. The van der Waals surface area contributed by atoms with E-state index < -0.39 is 12.1 Å². The van der Waals surface area contributed by atoms with Crippen molar-refractivity contribution in [2.75, 3.05) is 0 Å². The Morgan fingerprint density at radius 2 is 1.76 bits per heavy atom. The predicted octanol–water partition coefficient (Wildman–Crippen LogP) is 7.11. The normalized spacial score (nSPS) is 24.2. The highest BCUT2D eigenvalue weighted by molar-refractivity contribution is 5.74. The van der Waals surface area contributed by atoms with Gasteiger partial charge in [0.2, 0.25) is 0 Å². The second-order valence-electron chi connectivity index (χ2n) is 9.11. The van der Waals surface area contributed by atoms with E-state index in [9.17, 15) is 9.18 Å². The summed E-state index contributed by atoms with van der Waals surface area (Å²) in [6.45, 7) is 2.00. The Bertz CT molecular complexity index is 598. The van der Waals surface area contributed by atoms with Gasteiger partial charge in [-0.2, -0.15) is 0 Å². The van der Waals surface area contributed by atoms with Gasteiger partial charge in [0.25, 0.3) is 0 Å². The fraction of sp³-hybridized carbons (Fsp3) is 0.692. The zero-order valence-electron chi connectivity index (χ0n) is 18.1. The van der Waals surface area contributed by atoms with Crippen molar-refractivity contribution in [1.82, 2.24) is 0 Å². The molecule has 2 nitrogen and oxygen atoms in total. The molecule has 1 radical (unpaired) electrons. The molecular weight excluding hydrogens is 363 g/mol. The number of carbonyl (C=O) groups is 1. The van der Waals surface area contributed by atoms with Crippen molar-refractivity contribution in [3.8, 4) is 0 Å². The largest absolute Gasteiger partial charge is 0.460 e. The molecule has 0 aromatic heterocycles. The fourth-order valence-electron chi connectivity index (χ4n) is 4.87. The van der Waals surface area contributed by atoms with Crippen molar-refractivity contribution in [3.63, 3.8) is 0 Å². The standard InChI is InChI=1S/C26H38FO2/c1-2-3-9-25(27)26(28)29-24-18-16-23(17-19-24)22-14-12-21(13-15-22)11-10-20-7-5-4-6-8-20/h4,12-15,20,23-25H,2-3,5-11,16-19H2,1H3/t23?,24?,25-/m0/s1. The fourth-order valence-corrected chi connectivity index (χ4v) is 4.87. The Kier molecular flexibility index (Phi) is 9.01.